The molecule has 0 radical (unpaired) electrons. The number of carbonyl (C=O) groups excluding carboxylic acids is 1. The molecule has 0 fully saturated rings. The minimum absolute atomic E-state index is 0.256. The summed E-state index contributed by atoms with van der Waals surface area (Å²) in [7, 11) is 0. The van der Waals surface area contributed by atoms with Crippen LogP contribution in [0.4, 0.5) is 5.69 Å². The number of thiophene rings is 1. The van der Waals surface area contributed by atoms with Crippen LogP contribution in [-0.4, -0.2) is 23.5 Å². The molecule has 1 N–H and O–H groups in total. The van der Waals surface area contributed by atoms with Crippen LogP contribution in [-0.2, 0) is 11.2 Å². The van der Waals surface area contributed by atoms with Crippen molar-refractivity contribution >= 4 is 28.9 Å². The van der Waals surface area contributed by atoms with E-state index < -0.39 is 5.97 Å². The molecular formula is C16H17NO3S. The number of hydrogen-bond donors (Lipinski definition) is 1. The zero-order chi connectivity index (χ0) is 15.4. The average molecular weight is 303 g/mol. The molecule has 21 heavy (non-hydrogen) atoms. The Hall–Kier alpha value is -2.14. The summed E-state index contributed by atoms with van der Waals surface area (Å²) >= 11 is 1.35. The van der Waals surface area contributed by atoms with Gasteiger partial charge in [0, 0.05) is 5.69 Å². The summed E-state index contributed by atoms with van der Waals surface area (Å²) in [6.45, 7) is 3.58. The maximum atomic E-state index is 12.7. The summed E-state index contributed by atoms with van der Waals surface area (Å²) in [5.41, 5.74) is 2.61. The molecule has 2 rings (SSSR count). The van der Waals surface area contributed by atoms with Crippen molar-refractivity contribution in [2.24, 2.45) is 0 Å². The topological polar surface area (TPSA) is 57.6 Å². The SMILES string of the molecule is CCc1ccsc1C(=O)N(CC(=O)O)c1ccc(C)cc1. The highest BCUT2D eigenvalue weighted by Crippen LogP contribution is 2.23. The fourth-order valence-corrected chi connectivity index (χ4v) is 3.01. The molecule has 0 saturated carbocycles. The molecule has 4 nitrogen and oxygen atoms in total. The normalized spacial score (nSPS) is 10.4. The summed E-state index contributed by atoms with van der Waals surface area (Å²) in [5, 5.41) is 10.9. The van der Waals surface area contributed by atoms with Crippen LogP contribution in [0.15, 0.2) is 35.7 Å². The van der Waals surface area contributed by atoms with Gasteiger partial charge >= 0.3 is 5.97 Å². The van der Waals surface area contributed by atoms with Gasteiger partial charge in [-0.05, 0) is 42.5 Å². The zero-order valence-corrected chi connectivity index (χ0v) is 12.8. The Bertz CT molecular complexity index is 646. The van der Waals surface area contributed by atoms with Gasteiger partial charge in [-0.1, -0.05) is 24.6 Å². The molecule has 1 aromatic heterocycles. The van der Waals surface area contributed by atoms with Crippen molar-refractivity contribution in [1.29, 1.82) is 0 Å². The first-order valence-electron chi connectivity index (χ1n) is 6.69. The van der Waals surface area contributed by atoms with Gasteiger partial charge in [-0.3, -0.25) is 14.5 Å². The molecule has 0 bridgehead atoms. The molecule has 1 aromatic carbocycles. The lowest BCUT2D eigenvalue weighted by molar-refractivity contribution is -0.135. The van der Waals surface area contributed by atoms with E-state index in [1.807, 2.05) is 37.4 Å². The van der Waals surface area contributed by atoms with Gasteiger partial charge in [-0.15, -0.1) is 11.3 Å². The quantitative estimate of drug-likeness (QED) is 0.921. The number of aliphatic carboxylic acids is 1. The van der Waals surface area contributed by atoms with Crippen LogP contribution >= 0.6 is 11.3 Å². The zero-order valence-electron chi connectivity index (χ0n) is 12.0. The molecule has 0 aliphatic rings. The number of aryl methyl sites for hydroxylation is 2. The number of carboxylic acids is 1. The van der Waals surface area contributed by atoms with E-state index >= 15 is 0 Å². The summed E-state index contributed by atoms with van der Waals surface area (Å²) < 4.78 is 0. The molecule has 0 aliphatic carbocycles. The Balaban J connectivity index is 2.38. The van der Waals surface area contributed by atoms with E-state index in [2.05, 4.69) is 0 Å². The number of rotatable bonds is 5. The molecule has 2 aromatic rings. The van der Waals surface area contributed by atoms with E-state index in [1.165, 1.54) is 16.2 Å². The number of hydrogen-bond acceptors (Lipinski definition) is 3. The number of amides is 1. The van der Waals surface area contributed by atoms with E-state index in [1.54, 1.807) is 12.1 Å². The van der Waals surface area contributed by atoms with Crippen molar-refractivity contribution in [3.8, 4) is 0 Å². The highest BCUT2D eigenvalue weighted by Gasteiger charge is 2.23. The first-order chi connectivity index (χ1) is 10.0. The van der Waals surface area contributed by atoms with E-state index in [0.717, 1.165) is 17.5 Å². The Kier molecular flexibility index (Phi) is 4.75. The summed E-state index contributed by atoms with van der Waals surface area (Å²) in [6.07, 6.45) is 0.749. The number of benzene rings is 1. The summed E-state index contributed by atoms with van der Waals surface area (Å²) in [4.78, 5) is 25.7. The van der Waals surface area contributed by atoms with Crippen molar-refractivity contribution < 1.29 is 14.7 Å². The van der Waals surface area contributed by atoms with Gasteiger partial charge in [-0.2, -0.15) is 0 Å². The first-order valence-corrected chi connectivity index (χ1v) is 7.57. The lowest BCUT2D eigenvalue weighted by Crippen LogP contribution is -2.35. The smallest absolute Gasteiger partial charge is 0.323 e. The minimum Gasteiger partial charge on any atom is -0.480 e. The maximum Gasteiger partial charge on any atom is 0.323 e. The van der Waals surface area contributed by atoms with Crippen molar-refractivity contribution in [3.63, 3.8) is 0 Å². The van der Waals surface area contributed by atoms with Gasteiger partial charge in [0.1, 0.15) is 6.54 Å². The molecule has 1 heterocycles. The Labute approximate surface area is 127 Å². The third kappa shape index (κ3) is 3.49. The predicted octanol–water partition coefficient (Wildman–Crippen LogP) is 3.35. The van der Waals surface area contributed by atoms with Gasteiger partial charge in [0.05, 0.1) is 4.88 Å². The fourth-order valence-electron chi connectivity index (χ4n) is 2.06. The molecule has 110 valence electrons. The van der Waals surface area contributed by atoms with Crippen LogP contribution < -0.4 is 4.90 Å². The number of anilines is 1. The largest absolute Gasteiger partial charge is 0.480 e. The van der Waals surface area contributed by atoms with Crippen molar-refractivity contribution in [1.82, 2.24) is 0 Å². The van der Waals surface area contributed by atoms with Gasteiger partial charge < -0.3 is 5.11 Å². The molecule has 5 heteroatoms. The highest BCUT2D eigenvalue weighted by molar-refractivity contribution is 7.12. The number of nitrogens with zero attached hydrogens (tertiary/aromatic N) is 1. The van der Waals surface area contributed by atoms with E-state index in [9.17, 15) is 9.59 Å². The Morgan fingerprint density at radius 3 is 2.43 bits per heavy atom. The standard InChI is InChI=1S/C16H17NO3S/c1-3-12-8-9-21-15(12)16(20)17(10-14(18)19)13-6-4-11(2)5-7-13/h4-9H,3,10H2,1-2H3,(H,18,19). The van der Waals surface area contributed by atoms with Crippen molar-refractivity contribution in [2.45, 2.75) is 20.3 Å². The molecular weight excluding hydrogens is 286 g/mol. The molecule has 0 saturated heterocycles. The molecule has 0 aliphatic heterocycles. The van der Waals surface area contributed by atoms with Crippen LogP contribution in [0.25, 0.3) is 0 Å². The van der Waals surface area contributed by atoms with Gasteiger partial charge in [-0.25, -0.2) is 0 Å². The highest BCUT2D eigenvalue weighted by atomic mass is 32.1. The maximum absolute atomic E-state index is 12.7. The van der Waals surface area contributed by atoms with Crippen LogP contribution in [0.3, 0.4) is 0 Å². The minimum atomic E-state index is -1.03. The second-order valence-electron chi connectivity index (χ2n) is 4.75. The van der Waals surface area contributed by atoms with Crippen LogP contribution in [0.2, 0.25) is 0 Å². The second kappa shape index (κ2) is 6.54. The van der Waals surface area contributed by atoms with Crippen LogP contribution in [0.5, 0.6) is 0 Å². The van der Waals surface area contributed by atoms with Crippen molar-refractivity contribution in [2.75, 3.05) is 11.4 Å². The number of carboxylic acid groups (broad SMARTS) is 1. The fraction of sp³-hybridized carbons (Fsp3) is 0.250. The molecule has 0 unspecified atom stereocenters. The molecule has 0 atom stereocenters. The number of carbonyl (C=O) groups is 2. The predicted molar refractivity (Wildman–Crippen MR) is 84.2 cm³/mol. The third-order valence-corrected chi connectivity index (χ3v) is 4.15. The van der Waals surface area contributed by atoms with Crippen LogP contribution in [0, 0.1) is 6.92 Å². The lowest BCUT2D eigenvalue weighted by Gasteiger charge is -2.21. The van der Waals surface area contributed by atoms with E-state index in [4.69, 9.17) is 5.11 Å². The van der Waals surface area contributed by atoms with Crippen LogP contribution in [0.1, 0.15) is 27.7 Å². The third-order valence-electron chi connectivity index (χ3n) is 3.21. The van der Waals surface area contributed by atoms with Gasteiger partial charge in [0.15, 0.2) is 0 Å². The molecule has 1 amide bonds. The van der Waals surface area contributed by atoms with Gasteiger partial charge in [0.25, 0.3) is 5.91 Å². The first kappa shape index (κ1) is 15.3. The van der Waals surface area contributed by atoms with Crippen molar-refractivity contribution in [3.05, 3.63) is 51.7 Å². The lowest BCUT2D eigenvalue weighted by atomic mass is 10.1. The monoisotopic (exact) mass is 303 g/mol. The summed E-state index contributed by atoms with van der Waals surface area (Å²) in [6, 6.07) is 9.19. The van der Waals surface area contributed by atoms with E-state index in [0.29, 0.717) is 10.6 Å². The second-order valence-corrected chi connectivity index (χ2v) is 5.67. The van der Waals surface area contributed by atoms with E-state index in [-0.39, 0.29) is 12.5 Å². The summed E-state index contributed by atoms with van der Waals surface area (Å²) in [5.74, 6) is -1.29. The Morgan fingerprint density at radius 1 is 1.19 bits per heavy atom. The Morgan fingerprint density at radius 2 is 1.86 bits per heavy atom. The van der Waals surface area contributed by atoms with Gasteiger partial charge in [0.2, 0.25) is 0 Å². The average Bonchev–Trinajstić information content (AvgIpc) is 2.93. The molecule has 0 spiro atoms.